The van der Waals surface area contributed by atoms with Gasteiger partial charge in [0, 0.05) is 47.2 Å². The van der Waals surface area contributed by atoms with Crippen LogP contribution in [0.5, 0.6) is 11.5 Å². The number of para-hydroxylation sites is 1. The van der Waals surface area contributed by atoms with Gasteiger partial charge in [0.05, 0.1) is 24.7 Å². The Morgan fingerprint density at radius 1 is 1.00 bits per heavy atom. The van der Waals surface area contributed by atoms with E-state index in [1.807, 2.05) is 30.3 Å². The minimum absolute atomic E-state index is 0.128. The molecule has 0 aliphatic heterocycles. The van der Waals surface area contributed by atoms with Crippen molar-refractivity contribution in [1.82, 2.24) is 4.57 Å². The highest BCUT2D eigenvalue weighted by Crippen LogP contribution is 2.36. The molecular weight excluding hydrogens is 438 g/mol. The summed E-state index contributed by atoms with van der Waals surface area (Å²) in [6, 6.07) is 16.2. The highest BCUT2D eigenvalue weighted by Gasteiger charge is 2.25. The van der Waals surface area contributed by atoms with Gasteiger partial charge in [0.25, 0.3) is 11.6 Å². The first kappa shape index (κ1) is 23.1. The Labute approximate surface area is 196 Å². The molecule has 1 amide bonds. The zero-order valence-electron chi connectivity index (χ0n) is 19.2. The third kappa shape index (κ3) is 4.25. The minimum Gasteiger partial charge on any atom is -0.493 e. The maximum Gasteiger partial charge on any atom is 0.286 e. The van der Waals surface area contributed by atoms with E-state index in [1.54, 1.807) is 6.07 Å². The normalized spacial score (nSPS) is 11.0. The van der Waals surface area contributed by atoms with Crippen LogP contribution in [0.25, 0.3) is 21.8 Å². The number of methoxy groups -OCH3 is 2. The van der Waals surface area contributed by atoms with Gasteiger partial charge in [-0.15, -0.1) is 0 Å². The maximum absolute atomic E-state index is 13.1. The SMILES string of the molecule is CCn1c2ccccc2c2cc(NC(=O)c3cc(OC)c(OCCOC)cc3[N+](=O)[O-])ccc21. The fraction of sp³-hybridized carbons (Fsp3) is 0.240. The van der Waals surface area contributed by atoms with Gasteiger partial charge in [-0.1, -0.05) is 18.2 Å². The number of nitrogens with zero attached hydrogens (tertiary/aromatic N) is 2. The molecule has 0 fully saturated rings. The Morgan fingerprint density at radius 2 is 1.76 bits per heavy atom. The highest BCUT2D eigenvalue weighted by atomic mass is 16.6. The molecule has 34 heavy (non-hydrogen) atoms. The van der Waals surface area contributed by atoms with Gasteiger partial charge in [0.2, 0.25) is 0 Å². The molecule has 3 aromatic carbocycles. The van der Waals surface area contributed by atoms with Crippen molar-refractivity contribution in [3.8, 4) is 11.5 Å². The van der Waals surface area contributed by atoms with E-state index in [-0.39, 0.29) is 29.4 Å². The molecule has 0 bridgehead atoms. The Bertz CT molecular complexity index is 1380. The van der Waals surface area contributed by atoms with Gasteiger partial charge in [0.15, 0.2) is 11.5 Å². The highest BCUT2D eigenvalue weighted by molar-refractivity contribution is 6.12. The number of amides is 1. The number of nitrogens with one attached hydrogen (secondary N) is 1. The van der Waals surface area contributed by atoms with Gasteiger partial charge < -0.3 is 24.1 Å². The van der Waals surface area contributed by atoms with Crippen LogP contribution < -0.4 is 14.8 Å². The fourth-order valence-corrected chi connectivity index (χ4v) is 4.06. The van der Waals surface area contributed by atoms with Gasteiger partial charge in [-0.2, -0.15) is 0 Å². The minimum atomic E-state index is -0.618. The summed E-state index contributed by atoms with van der Waals surface area (Å²) in [6.45, 7) is 3.37. The molecule has 0 unspecified atom stereocenters. The molecule has 9 heteroatoms. The predicted molar refractivity (Wildman–Crippen MR) is 130 cm³/mol. The van der Waals surface area contributed by atoms with Crippen molar-refractivity contribution in [2.45, 2.75) is 13.5 Å². The van der Waals surface area contributed by atoms with Gasteiger partial charge >= 0.3 is 0 Å². The standard InChI is InChI=1S/C25H25N3O6/c1-4-27-20-8-6-5-7-17(20)18-13-16(9-10-21(18)27)26-25(29)19-14-23(33-3)24(34-12-11-32-2)15-22(19)28(30)31/h5-10,13-15H,4,11-12H2,1-3H3,(H,26,29). The van der Waals surface area contributed by atoms with Crippen LogP contribution in [0.15, 0.2) is 54.6 Å². The number of nitro benzene ring substituents is 1. The van der Waals surface area contributed by atoms with Crippen molar-refractivity contribution in [2.75, 3.05) is 32.8 Å². The summed E-state index contributed by atoms with van der Waals surface area (Å²) in [6.07, 6.45) is 0. The van der Waals surface area contributed by atoms with Crippen LogP contribution in [0.4, 0.5) is 11.4 Å². The van der Waals surface area contributed by atoms with Crippen molar-refractivity contribution in [3.05, 3.63) is 70.3 Å². The van der Waals surface area contributed by atoms with Crippen LogP contribution in [0.2, 0.25) is 0 Å². The van der Waals surface area contributed by atoms with Crippen LogP contribution in [-0.4, -0.2) is 42.8 Å². The van der Waals surface area contributed by atoms with E-state index in [2.05, 4.69) is 22.9 Å². The number of rotatable bonds is 9. The number of carbonyl (C=O) groups excluding carboxylic acids is 1. The van der Waals surface area contributed by atoms with E-state index in [1.165, 1.54) is 26.4 Å². The van der Waals surface area contributed by atoms with Crippen LogP contribution in [0.3, 0.4) is 0 Å². The lowest BCUT2D eigenvalue weighted by Crippen LogP contribution is -2.15. The number of aryl methyl sites for hydroxylation is 1. The summed E-state index contributed by atoms with van der Waals surface area (Å²) in [7, 11) is 2.93. The van der Waals surface area contributed by atoms with Crippen molar-refractivity contribution >= 4 is 39.1 Å². The number of anilines is 1. The average Bonchev–Trinajstić information content (AvgIpc) is 3.16. The second kappa shape index (κ2) is 9.80. The Morgan fingerprint density at radius 3 is 2.47 bits per heavy atom. The monoisotopic (exact) mass is 463 g/mol. The number of ether oxygens (including phenoxy) is 3. The van der Waals surface area contributed by atoms with Crippen molar-refractivity contribution in [1.29, 1.82) is 0 Å². The molecule has 1 heterocycles. The molecule has 176 valence electrons. The lowest BCUT2D eigenvalue weighted by Gasteiger charge is -2.13. The first-order chi connectivity index (χ1) is 16.5. The maximum atomic E-state index is 13.1. The second-order valence-corrected chi connectivity index (χ2v) is 7.57. The van der Waals surface area contributed by atoms with Gasteiger partial charge in [-0.05, 0) is 31.2 Å². The molecular formula is C25H25N3O6. The Hall–Kier alpha value is -4.11. The number of hydrogen-bond donors (Lipinski definition) is 1. The molecule has 9 nitrogen and oxygen atoms in total. The van der Waals surface area contributed by atoms with Crippen LogP contribution in [-0.2, 0) is 11.3 Å². The third-order valence-electron chi connectivity index (χ3n) is 5.61. The molecule has 0 radical (unpaired) electrons. The molecule has 1 aromatic heterocycles. The fourth-order valence-electron chi connectivity index (χ4n) is 4.06. The van der Waals surface area contributed by atoms with E-state index in [4.69, 9.17) is 14.2 Å². The quantitative estimate of drug-likeness (QED) is 0.213. The number of hydrogen-bond acceptors (Lipinski definition) is 6. The molecule has 0 aliphatic carbocycles. The third-order valence-corrected chi connectivity index (χ3v) is 5.61. The molecule has 0 spiro atoms. The number of nitro groups is 1. The molecule has 0 atom stereocenters. The molecule has 0 saturated carbocycles. The Kier molecular flexibility index (Phi) is 6.65. The van der Waals surface area contributed by atoms with Gasteiger partial charge in [-0.25, -0.2) is 0 Å². The number of fused-ring (bicyclic) bond motifs is 3. The molecule has 0 saturated heterocycles. The second-order valence-electron chi connectivity index (χ2n) is 7.57. The van der Waals surface area contributed by atoms with Gasteiger partial charge in [-0.3, -0.25) is 14.9 Å². The molecule has 1 N–H and O–H groups in total. The average molecular weight is 463 g/mol. The van der Waals surface area contributed by atoms with E-state index in [0.29, 0.717) is 12.3 Å². The summed E-state index contributed by atoms with van der Waals surface area (Å²) in [5, 5.41) is 16.6. The molecule has 4 aromatic rings. The lowest BCUT2D eigenvalue weighted by molar-refractivity contribution is -0.385. The van der Waals surface area contributed by atoms with Crippen LogP contribution >= 0.6 is 0 Å². The zero-order valence-corrected chi connectivity index (χ0v) is 19.2. The van der Waals surface area contributed by atoms with E-state index >= 15 is 0 Å². The molecule has 0 aliphatic rings. The number of carbonyl (C=O) groups is 1. The van der Waals surface area contributed by atoms with Crippen LogP contribution in [0.1, 0.15) is 17.3 Å². The predicted octanol–water partition coefficient (Wildman–Crippen LogP) is 5.01. The summed E-state index contributed by atoms with van der Waals surface area (Å²) in [5.41, 5.74) is 2.18. The van der Waals surface area contributed by atoms with Gasteiger partial charge in [0.1, 0.15) is 12.2 Å². The van der Waals surface area contributed by atoms with E-state index in [0.717, 1.165) is 28.4 Å². The topological polar surface area (TPSA) is 105 Å². The lowest BCUT2D eigenvalue weighted by atomic mass is 10.1. The summed E-state index contributed by atoms with van der Waals surface area (Å²) in [4.78, 5) is 24.2. The van der Waals surface area contributed by atoms with E-state index in [9.17, 15) is 14.9 Å². The smallest absolute Gasteiger partial charge is 0.286 e. The summed E-state index contributed by atoms with van der Waals surface area (Å²) < 4.78 is 18.0. The van der Waals surface area contributed by atoms with Crippen molar-refractivity contribution in [3.63, 3.8) is 0 Å². The largest absolute Gasteiger partial charge is 0.493 e. The Balaban J connectivity index is 1.70. The molecule has 4 rings (SSSR count). The van der Waals surface area contributed by atoms with Crippen LogP contribution in [0, 0.1) is 10.1 Å². The summed E-state index contributed by atoms with van der Waals surface area (Å²) >= 11 is 0. The zero-order chi connectivity index (χ0) is 24.2. The van der Waals surface area contributed by atoms with E-state index < -0.39 is 10.8 Å². The number of benzene rings is 3. The number of aromatic nitrogens is 1. The first-order valence-electron chi connectivity index (χ1n) is 10.8. The summed E-state index contributed by atoms with van der Waals surface area (Å²) in [5.74, 6) is -0.239. The van der Waals surface area contributed by atoms with Crippen molar-refractivity contribution < 1.29 is 23.9 Å². The first-order valence-corrected chi connectivity index (χ1v) is 10.8. The van der Waals surface area contributed by atoms with Crippen molar-refractivity contribution in [2.24, 2.45) is 0 Å².